The van der Waals surface area contributed by atoms with Gasteiger partial charge in [-0.3, -0.25) is 4.90 Å². The average molecular weight is 225 g/mol. The van der Waals surface area contributed by atoms with Crippen molar-refractivity contribution in [2.24, 2.45) is 11.8 Å². The van der Waals surface area contributed by atoms with Gasteiger partial charge in [0.05, 0.1) is 6.61 Å². The maximum absolute atomic E-state index is 5.42. The van der Waals surface area contributed by atoms with Crippen LogP contribution in [0.1, 0.15) is 46.0 Å². The van der Waals surface area contributed by atoms with Gasteiger partial charge in [-0.1, -0.05) is 19.8 Å². The summed E-state index contributed by atoms with van der Waals surface area (Å²) in [4.78, 5) is 2.63. The van der Waals surface area contributed by atoms with Crippen molar-refractivity contribution in [1.82, 2.24) is 4.90 Å². The van der Waals surface area contributed by atoms with E-state index in [0.717, 1.165) is 24.5 Å². The first-order chi connectivity index (χ1) is 7.58. The number of piperidine rings is 1. The number of fused-ring (bicyclic) bond motifs is 1. The Labute approximate surface area is 100 Å². The summed E-state index contributed by atoms with van der Waals surface area (Å²) in [5.74, 6) is 1.86. The third kappa shape index (κ3) is 2.02. The van der Waals surface area contributed by atoms with Crippen LogP contribution < -0.4 is 0 Å². The quantitative estimate of drug-likeness (QED) is 0.716. The molecule has 1 saturated carbocycles. The van der Waals surface area contributed by atoms with Gasteiger partial charge in [-0.2, -0.15) is 0 Å². The fourth-order valence-corrected chi connectivity index (χ4v) is 3.95. The Morgan fingerprint density at radius 1 is 1.31 bits per heavy atom. The number of nitrogens with zero attached hydrogens (tertiary/aromatic N) is 1. The van der Waals surface area contributed by atoms with Crippen molar-refractivity contribution >= 4 is 0 Å². The molecule has 2 fully saturated rings. The second-order valence-corrected chi connectivity index (χ2v) is 6.22. The number of hydrogen-bond donors (Lipinski definition) is 0. The molecule has 1 aliphatic carbocycles. The van der Waals surface area contributed by atoms with E-state index in [1.54, 1.807) is 0 Å². The number of ether oxygens (including phenoxy) is 1. The van der Waals surface area contributed by atoms with E-state index in [9.17, 15) is 0 Å². The smallest absolute Gasteiger partial charge is 0.0643 e. The molecule has 0 aromatic heterocycles. The highest BCUT2D eigenvalue weighted by molar-refractivity contribution is 4.99. The number of methoxy groups -OCH3 is 1. The monoisotopic (exact) mass is 225 g/mol. The van der Waals surface area contributed by atoms with E-state index in [1.807, 2.05) is 7.11 Å². The molecule has 2 rings (SSSR count). The Hall–Kier alpha value is -0.0800. The molecule has 0 N–H and O–H groups in total. The minimum absolute atomic E-state index is 0.271. The predicted molar refractivity (Wildman–Crippen MR) is 67.6 cm³/mol. The minimum Gasteiger partial charge on any atom is -0.383 e. The van der Waals surface area contributed by atoms with Crippen LogP contribution in [0.5, 0.6) is 0 Å². The molecule has 0 radical (unpaired) electrons. The normalized spacial score (nSPS) is 45.4. The molecule has 2 heteroatoms. The molecule has 1 heterocycles. The van der Waals surface area contributed by atoms with Crippen molar-refractivity contribution in [1.29, 1.82) is 0 Å². The summed E-state index contributed by atoms with van der Waals surface area (Å²) in [5.41, 5.74) is 0.271. The first-order valence-corrected chi connectivity index (χ1v) is 6.80. The van der Waals surface area contributed by atoms with Gasteiger partial charge in [-0.05, 0) is 45.1 Å². The van der Waals surface area contributed by atoms with Crippen LogP contribution >= 0.6 is 0 Å². The Balaban J connectivity index is 2.11. The summed E-state index contributed by atoms with van der Waals surface area (Å²) < 4.78 is 5.42. The number of likely N-dealkylation sites (N-methyl/N-ethyl adjacent to an activating group) is 1. The van der Waals surface area contributed by atoms with Gasteiger partial charge < -0.3 is 4.74 Å². The van der Waals surface area contributed by atoms with Crippen LogP contribution in [-0.4, -0.2) is 37.2 Å². The zero-order valence-electron chi connectivity index (χ0n) is 11.3. The van der Waals surface area contributed by atoms with E-state index in [4.69, 9.17) is 4.74 Å². The predicted octanol–water partition coefficient (Wildman–Crippen LogP) is 2.92. The highest BCUT2D eigenvalue weighted by Gasteiger charge is 2.44. The Kier molecular flexibility index (Phi) is 3.60. The van der Waals surface area contributed by atoms with Crippen LogP contribution in [0.4, 0.5) is 0 Å². The molecule has 1 aliphatic heterocycles. The number of likely N-dealkylation sites (tertiary alicyclic amines) is 1. The molecular weight excluding hydrogens is 198 g/mol. The van der Waals surface area contributed by atoms with Crippen molar-refractivity contribution in [2.75, 3.05) is 20.8 Å². The molecule has 2 nitrogen and oxygen atoms in total. The second kappa shape index (κ2) is 4.66. The molecule has 0 bridgehead atoms. The van der Waals surface area contributed by atoms with Crippen molar-refractivity contribution < 1.29 is 4.74 Å². The SMILES string of the molecule is COCC1(C)CCC2C(C)CCCC2N1C. The van der Waals surface area contributed by atoms with Gasteiger partial charge >= 0.3 is 0 Å². The molecule has 1 saturated heterocycles. The Bertz CT molecular complexity index is 243. The standard InChI is InChI=1S/C14H27NO/c1-11-6-5-7-13-12(11)8-9-14(2,10-16-4)15(13)3/h11-13H,5-10H2,1-4H3. The molecule has 0 spiro atoms. The average Bonchev–Trinajstić information content (AvgIpc) is 2.25. The van der Waals surface area contributed by atoms with Crippen LogP contribution in [0.3, 0.4) is 0 Å². The van der Waals surface area contributed by atoms with Gasteiger partial charge in [-0.15, -0.1) is 0 Å². The lowest BCUT2D eigenvalue weighted by atomic mass is 9.68. The van der Waals surface area contributed by atoms with Gasteiger partial charge in [0.1, 0.15) is 0 Å². The van der Waals surface area contributed by atoms with Gasteiger partial charge in [-0.25, -0.2) is 0 Å². The fraction of sp³-hybridized carbons (Fsp3) is 1.00. The van der Waals surface area contributed by atoms with Crippen molar-refractivity contribution in [3.8, 4) is 0 Å². The van der Waals surface area contributed by atoms with Crippen LogP contribution in [0.2, 0.25) is 0 Å². The van der Waals surface area contributed by atoms with Gasteiger partial charge in [0.25, 0.3) is 0 Å². The molecule has 16 heavy (non-hydrogen) atoms. The summed E-state index contributed by atoms with van der Waals surface area (Å²) in [6.07, 6.45) is 6.94. The first-order valence-electron chi connectivity index (χ1n) is 6.80. The Morgan fingerprint density at radius 3 is 2.75 bits per heavy atom. The molecule has 0 aromatic carbocycles. The van der Waals surface area contributed by atoms with E-state index in [0.29, 0.717) is 0 Å². The maximum Gasteiger partial charge on any atom is 0.0643 e. The van der Waals surface area contributed by atoms with Crippen LogP contribution in [0, 0.1) is 11.8 Å². The lowest BCUT2D eigenvalue weighted by Crippen LogP contribution is -2.60. The lowest BCUT2D eigenvalue weighted by molar-refractivity contribution is -0.0690. The van der Waals surface area contributed by atoms with Gasteiger partial charge in [0.2, 0.25) is 0 Å². The Morgan fingerprint density at radius 2 is 2.06 bits per heavy atom. The van der Waals surface area contributed by atoms with E-state index in [2.05, 4.69) is 25.8 Å². The summed E-state index contributed by atoms with van der Waals surface area (Å²) in [6.45, 7) is 5.69. The molecule has 4 unspecified atom stereocenters. The first kappa shape index (κ1) is 12.4. The summed E-state index contributed by atoms with van der Waals surface area (Å²) >= 11 is 0. The van der Waals surface area contributed by atoms with E-state index >= 15 is 0 Å². The van der Waals surface area contributed by atoms with Crippen molar-refractivity contribution in [3.05, 3.63) is 0 Å². The third-order valence-electron chi connectivity index (χ3n) is 5.20. The van der Waals surface area contributed by atoms with Crippen molar-refractivity contribution in [3.63, 3.8) is 0 Å². The topological polar surface area (TPSA) is 12.5 Å². The maximum atomic E-state index is 5.42. The highest BCUT2D eigenvalue weighted by atomic mass is 16.5. The van der Waals surface area contributed by atoms with Gasteiger partial charge in [0, 0.05) is 18.7 Å². The fourth-order valence-electron chi connectivity index (χ4n) is 3.95. The second-order valence-electron chi connectivity index (χ2n) is 6.22. The van der Waals surface area contributed by atoms with E-state index < -0.39 is 0 Å². The van der Waals surface area contributed by atoms with Crippen molar-refractivity contribution in [2.45, 2.75) is 57.5 Å². The molecular formula is C14H27NO. The highest BCUT2D eigenvalue weighted by Crippen LogP contribution is 2.43. The zero-order valence-corrected chi connectivity index (χ0v) is 11.3. The number of hydrogen-bond acceptors (Lipinski definition) is 2. The third-order valence-corrected chi connectivity index (χ3v) is 5.20. The molecule has 2 aliphatic rings. The van der Waals surface area contributed by atoms with E-state index in [-0.39, 0.29) is 5.54 Å². The molecule has 94 valence electrons. The summed E-state index contributed by atoms with van der Waals surface area (Å²) in [7, 11) is 4.14. The molecule has 0 aromatic rings. The number of rotatable bonds is 2. The van der Waals surface area contributed by atoms with Gasteiger partial charge in [0.15, 0.2) is 0 Å². The molecule has 0 amide bonds. The summed E-state index contributed by atoms with van der Waals surface area (Å²) in [5, 5.41) is 0. The largest absolute Gasteiger partial charge is 0.383 e. The van der Waals surface area contributed by atoms with Crippen LogP contribution in [0.15, 0.2) is 0 Å². The summed E-state index contributed by atoms with van der Waals surface area (Å²) in [6, 6.07) is 0.803. The molecule has 4 atom stereocenters. The minimum atomic E-state index is 0.271. The van der Waals surface area contributed by atoms with Crippen LogP contribution in [-0.2, 0) is 4.74 Å². The zero-order chi connectivity index (χ0) is 11.8. The lowest BCUT2D eigenvalue weighted by Gasteiger charge is -2.54. The van der Waals surface area contributed by atoms with E-state index in [1.165, 1.54) is 32.1 Å². The van der Waals surface area contributed by atoms with Crippen LogP contribution in [0.25, 0.3) is 0 Å².